The molecule has 0 saturated carbocycles. The molecular weight excluding hydrogens is 312 g/mol. The summed E-state index contributed by atoms with van der Waals surface area (Å²) in [5.74, 6) is 0. The van der Waals surface area contributed by atoms with Crippen molar-refractivity contribution in [1.29, 1.82) is 5.26 Å². The Labute approximate surface area is 127 Å². The van der Waals surface area contributed by atoms with E-state index in [1.165, 1.54) is 18.2 Å². The van der Waals surface area contributed by atoms with Gasteiger partial charge in [0.15, 0.2) is 0 Å². The van der Waals surface area contributed by atoms with Crippen molar-refractivity contribution < 1.29 is 13.5 Å². The van der Waals surface area contributed by atoms with Crippen LogP contribution in [0.2, 0.25) is 5.02 Å². The molecule has 0 aliphatic carbocycles. The van der Waals surface area contributed by atoms with Crippen molar-refractivity contribution >= 4 is 27.3 Å². The quantitative estimate of drug-likeness (QED) is 0.905. The molecule has 5 nitrogen and oxygen atoms in total. The topological polar surface area (TPSA) is 90.2 Å². The molecule has 0 fully saturated rings. The highest BCUT2D eigenvalue weighted by Crippen LogP contribution is 2.22. The Hall–Kier alpha value is -2.07. The smallest absolute Gasteiger partial charge is 0.261 e. The van der Waals surface area contributed by atoms with Gasteiger partial charge in [-0.3, -0.25) is 4.72 Å². The van der Waals surface area contributed by atoms with Crippen molar-refractivity contribution in [2.45, 2.75) is 11.5 Å². The van der Waals surface area contributed by atoms with Crippen LogP contribution in [0.3, 0.4) is 0 Å². The largest absolute Gasteiger partial charge is 0.392 e. The maximum atomic E-state index is 12.2. The zero-order valence-corrected chi connectivity index (χ0v) is 12.3. The van der Waals surface area contributed by atoms with E-state index in [2.05, 4.69) is 4.72 Å². The molecule has 2 aromatic carbocycles. The Morgan fingerprint density at radius 3 is 2.38 bits per heavy atom. The predicted octanol–water partition coefficient (Wildman–Crippen LogP) is 2.50. The lowest BCUT2D eigenvalue weighted by atomic mass is 10.2. The Morgan fingerprint density at radius 2 is 1.86 bits per heavy atom. The third kappa shape index (κ3) is 3.52. The maximum absolute atomic E-state index is 12.2. The number of sulfonamides is 1. The minimum absolute atomic E-state index is 0.0299. The summed E-state index contributed by atoms with van der Waals surface area (Å²) in [7, 11) is -3.79. The second-order valence-electron chi connectivity index (χ2n) is 4.21. The highest BCUT2D eigenvalue weighted by Gasteiger charge is 2.15. The summed E-state index contributed by atoms with van der Waals surface area (Å²) in [4.78, 5) is -0.0299. The second-order valence-corrected chi connectivity index (χ2v) is 6.30. The van der Waals surface area contributed by atoms with Crippen LogP contribution in [0.25, 0.3) is 0 Å². The summed E-state index contributed by atoms with van der Waals surface area (Å²) in [5.41, 5.74) is 1.26. The average Bonchev–Trinajstić information content (AvgIpc) is 2.47. The normalized spacial score (nSPS) is 10.9. The van der Waals surface area contributed by atoms with Gasteiger partial charge in [-0.15, -0.1) is 0 Å². The molecule has 2 rings (SSSR count). The van der Waals surface area contributed by atoms with Gasteiger partial charge < -0.3 is 5.11 Å². The molecule has 0 atom stereocenters. The Kier molecular flexibility index (Phi) is 4.48. The zero-order valence-electron chi connectivity index (χ0n) is 10.7. The van der Waals surface area contributed by atoms with E-state index < -0.39 is 10.0 Å². The third-order valence-electron chi connectivity index (χ3n) is 2.76. The number of rotatable bonds is 4. The first-order valence-electron chi connectivity index (χ1n) is 5.88. The molecule has 108 valence electrons. The Balaban J connectivity index is 2.29. The molecule has 0 heterocycles. The number of nitrogens with one attached hydrogen (secondary N) is 1. The average molecular weight is 323 g/mol. The first kappa shape index (κ1) is 15.3. The summed E-state index contributed by atoms with van der Waals surface area (Å²) < 4.78 is 26.8. The minimum atomic E-state index is -3.79. The number of aliphatic hydroxyl groups is 1. The predicted molar refractivity (Wildman–Crippen MR) is 79.3 cm³/mol. The monoisotopic (exact) mass is 322 g/mol. The van der Waals surface area contributed by atoms with Crippen LogP contribution < -0.4 is 4.72 Å². The molecule has 2 aromatic rings. The highest BCUT2D eigenvalue weighted by atomic mass is 35.5. The van der Waals surface area contributed by atoms with Gasteiger partial charge in [-0.05, 0) is 35.9 Å². The van der Waals surface area contributed by atoms with E-state index in [-0.39, 0.29) is 22.1 Å². The van der Waals surface area contributed by atoms with E-state index in [1.54, 1.807) is 24.3 Å². The number of halogens is 1. The van der Waals surface area contributed by atoms with Crippen LogP contribution >= 0.6 is 11.6 Å². The van der Waals surface area contributed by atoms with Gasteiger partial charge in [-0.2, -0.15) is 5.26 Å². The molecule has 0 aliphatic rings. The lowest BCUT2D eigenvalue weighted by molar-refractivity contribution is 0.282. The molecule has 0 spiro atoms. The van der Waals surface area contributed by atoms with Gasteiger partial charge in [0.1, 0.15) is 6.07 Å². The molecule has 0 unspecified atom stereocenters. The van der Waals surface area contributed by atoms with Crippen LogP contribution in [0.1, 0.15) is 11.1 Å². The summed E-state index contributed by atoms with van der Waals surface area (Å²) in [5, 5.41) is 17.8. The van der Waals surface area contributed by atoms with Crippen LogP contribution in [0.15, 0.2) is 47.4 Å². The minimum Gasteiger partial charge on any atom is -0.392 e. The van der Waals surface area contributed by atoms with Gasteiger partial charge in [-0.1, -0.05) is 23.7 Å². The number of anilines is 1. The van der Waals surface area contributed by atoms with Crippen LogP contribution in [0, 0.1) is 11.3 Å². The van der Waals surface area contributed by atoms with Crippen molar-refractivity contribution in [3.63, 3.8) is 0 Å². The molecule has 2 N–H and O–H groups in total. The van der Waals surface area contributed by atoms with Gasteiger partial charge in [0.05, 0.1) is 22.1 Å². The summed E-state index contributed by atoms with van der Waals surface area (Å²) in [6.45, 7) is -0.113. The molecular formula is C14H11ClN2O3S. The number of nitrogens with zero attached hydrogens (tertiary/aromatic N) is 1. The molecule has 0 saturated heterocycles. The summed E-state index contributed by atoms with van der Waals surface area (Å²) in [6, 6.07) is 12.1. The number of hydrogen-bond acceptors (Lipinski definition) is 4. The molecule has 7 heteroatoms. The molecule has 0 aromatic heterocycles. The van der Waals surface area contributed by atoms with Crippen LogP contribution in [-0.2, 0) is 16.6 Å². The van der Waals surface area contributed by atoms with E-state index in [9.17, 15) is 8.42 Å². The SMILES string of the molecule is N#Cc1ccc(S(=O)(=O)Nc2ccc(CO)cc2)cc1Cl. The summed E-state index contributed by atoms with van der Waals surface area (Å²) in [6.07, 6.45) is 0. The fourth-order valence-corrected chi connectivity index (χ4v) is 3.02. The van der Waals surface area contributed by atoms with Gasteiger partial charge in [0, 0.05) is 5.69 Å². The fraction of sp³-hybridized carbons (Fsp3) is 0.0714. The van der Waals surface area contributed by atoms with Gasteiger partial charge >= 0.3 is 0 Å². The van der Waals surface area contributed by atoms with Crippen LogP contribution in [0.4, 0.5) is 5.69 Å². The number of benzene rings is 2. The van der Waals surface area contributed by atoms with E-state index in [0.717, 1.165) is 0 Å². The first-order valence-corrected chi connectivity index (χ1v) is 7.74. The number of nitriles is 1. The van der Waals surface area contributed by atoms with E-state index in [4.69, 9.17) is 22.0 Å². The molecule has 21 heavy (non-hydrogen) atoms. The molecule has 0 radical (unpaired) electrons. The lowest BCUT2D eigenvalue weighted by Crippen LogP contribution is -2.13. The maximum Gasteiger partial charge on any atom is 0.261 e. The highest BCUT2D eigenvalue weighted by molar-refractivity contribution is 7.92. The lowest BCUT2D eigenvalue weighted by Gasteiger charge is -2.09. The number of aliphatic hydroxyl groups excluding tert-OH is 1. The van der Waals surface area contributed by atoms with Crippen molar-refractivity contribution in [1.82, 2.24) is 0 Å². The van der Waals surface area contributed by atoms with Crippen LogP contribution in [-0.4, -0.2) is 13.5 Å². The van der Waals surface area contributed by atoms with Gasteiger partial charge in [-0.25, -0.2) is 8.42 Å². The van der Waals surface area contributed by atoms with Crippen molar-refractivity contribution in [2.75, 3.05) is 4.72 Å². The van der Waals surface area contributed by atoms with Gasteiger partial charge in [0.2, 0.25) is 0 Å². The van der Waals surface area contributed by atoms with E-state index >= 15 is 0 Å². The molecule has 0 aliphatic heterocycles. The zero-order chi connectivity index (χ0) is 15.5. The third-order valence-corrected chi connectivity index (χ3v) is 4.45. The van der Waals surface area contributed by atoms with Crippen LogP contribution in [0.5, 0.6) is 0 Å². The molecule has 0 amide bonds. The van der Waals surface area contributed by atoms with E-state index in [0.29, 0.717) is 11.3 Å². The fourth-order valence-electron chi connectivity index (χ4n) is 1.65. The van der Waals surface area contributed by atoms with Crippen molar-refractivity contribution in [3.05, 3.63) is 58.6 Å². The second kappa shape index (κ2) is 6.14. The standard InChI is InChI=1S/C14H11ClN2O3S/c15-14-7-13(6-3-11(14)8-16)21(19,20)17-12-4-1-10(9-18)2-5-12/h1-7,17-18H,9H2. The van der Waals surface area contributed by atoms with E-state index in [1.807, 2.05) is 6.07 Å². The van der Waals surface area contributed by atoms with Crippen molar-refractivity contribution in [2.24, 2.45) is 0 Å². The Bertz CT molecular complexity index is 796. The van der Waals surface area contributed by atoms with Gasteiger partial charge in [0.25, 0.3) is 10.0 Å². The molecule has 0 bridgehead atoms. The number of hydrogen-bond donors (Lipinski definition) is 2. The first-order chi connectivity index (χ1) is 9.96. The summed E-state index contributed by atoms with van der Waals surface area (Å²) >= 11 is 5.84. The van der Waals surface area contributed by atoms with Crippen molar-refractivity contribution in [3.8, 4) is 6.07 Å². The Morgan fingerprint density at radius 1 is 1.19 bits per heavy atom.